The Morgan fingerprint density at radius 1 is 1.48 bits per heavy atom. The maximum atomic E-state index is 11.2. The first-order chi connectivity index (χ1) is 9.81. The number of nitro groups is 1. The summed E-state index contributed by atoms with van der Waals surface area (Å²) in [7, 11) is 0. The van der Waals surface area contributed by atoms with Crippen molar-refractivity contribution in [3.05, 3.63) is 55.9 Å². The molecule has 0 fully saturated rings. The van der Waals surface area contributed by atoms with Crippen molar-refractivity contribution in [2.45, 2.75) is 20.4 Å². The molecule has 0 radical (unpaired) electrons. The zero-order valence-electron chi connectivity index (χ0n) is 11.3. The van der Waals surface area contributed by atoms with E-state index in [2.05, 4.69) is 5.10 Å². The number of nitro benzene ring substituents is 1. The van der Waals surface area contributed by atoms with Crippen LogP contribution < -0.4 is 0 Å². The minimum atomic E-state index is -1.07. The van der Waals surface area contributed by atoms with Gasteiger partial charge in [0.2, 0.25) is 0 Å². The van der Waals surface area contributed by atoms with Crippen LogP contribution in [0.1, 0.15) is 27.3 Å². The topological polar surface area (TPSA) is 98.3 Å². The molecule has 0 saturated carbocycles. The Labute approximate surface area is 124 Å². The molecular weight excluding hydrogens is 298 g/mol. The fourth-order valence-electron chi connectivity index (χ4n) is 2.18. The highest BCUT2D eigenvalue weighted by atomic mass is 35.5. The average Bonchev–Trinajstić information content (AvgIpc) is 2.64. The van der Waals surface area contributed by atoms with Crippen LogP contribution in [-0.4, -0.2) is 25.8 Å². The molecule has 0 amide bonds. The zero-order chi connectivity index (χ0) is 15.7. The van der Waals surface area contributed by atoms with Crippen molar-refractivity contribution in [2.24, 2.45) is 0 Å². The Kier molecular flexibility index (Phi) is 3.95. The van der Waals surface area contributed by atoms with Gasteiger partial charge in [0.15, 0.2) is 0 Å². The van der Waals surface area contributed by atoms with Crippen molar-refractivity contribution in [3.8, 4) is 0 Å². The van der Waals surface area contributed by atoms with E-state index in [1.54, 1.807) is 13.8 Å². The highest BCUT2D eigenvalue weighted by Gasteiger charge is 2.20. The van der Waals surface area contributed by atoms with Gasteiger partial charge in [-0.05, 0) is 26.0 Å². The van der Waals surface area contributed by atoms with Gasteiger partial charge < -0.3 is 5.11 Å². The lowest BCUT2D eigenvalue weighted by Gasteiger charge is -2.06. The van der Waals surface area contributed by atoms with E-state index in [4.69, 9.17) is 16.7 Å². The summed E-state index contributed by atoms with van der Waals surface area (Å²) < 4.78 is 1.43. The van der Waals surface area contributed by atoms with Crippen LogP contribution in [-0.2, 0) is 6.54 Å². The molecule has 7 nitrogen and oxygen atoms in total. The molecule has 0 aliphatic heterocycles. The second kappa shape index (κ2) is 5.53. The number of benzene rings is 1. The number of carboxylic acid groups (broad SMARTS) is 1. The number of aromatic carboxylic acids is 1. The van der Waals surface area contributed by atoms with Crippen LogP contribution in [0.25, 0.3) is 0 Å². The third-order valence-electron chi connectivity index (χ3n) is 3.15. The predicted octanol–water partition coefficient (Wildman–Crippen LogP) is 2.81. The largest absolute Gasteiger partial charge is 0.478 e. The van der Waals surface area contributed by atoms with Crippen molar-refractivity contribution >= 4 is 23.3 Å². The number of carboxylic acids is 1. The van der Waals surface area contributed by atoms with E-state index in [-0.39, 0.29) is 17.8 Å². The first-order valence-electron chi connectivity index (χ1n) is 6.01. The van der Waals surface area contributed by atoms with E-state index in [9.17, 15) is 14.9 Å². The molecule has 0 saturated heterocycles. The number of aryl methyl sites for hydroxylation is 1. The molecule has 8 heteroatoms. The van der Waals surface area contributed by atoms with Gasteiger partial charge in [0.25, 0.3) is 5.69 Å². The molecule has 0 unspecified atom stereocenters. The Morgan fingerprint density at radius 2 is 2.14 bits per heavy atom. The molecular formula is C13H12ClN3O4. The molecule has 0 aliphatic carbocycles. The lowest BCUT2D eigenvalue weighted by atomic mass is 10.1. The monoisotopic (exact) mass is 309 g/mol. The third-order valence-corrected chi connectivity index (χ3v) is 3.39. The van der Waals surface area contributed by atoms with Crippen LogP contribution in [0.15, 0.2) is 18.2 Å². The molecule has 110 valence electrons. The average molecular weight is 310 g/mol. The first-order valence-corrected chi connectivity index (χ1v) is 6.39. The van der Waals surface area contributed by atoms with Crippen LogP contribution >= 0.6 is 11.6 Å². The predicted molar refractivity (Wildman–Crippen MR) is 75.9 cm³/mol. The molecule has 0 aliphatic rings. The van der Waals surface area contributed by atoms with E-state index in [0.29, 0.717) is 22.0 Å². The number of nitrogens with zero attached hydrogens (tertiary/aromatic N) is 3. The normalized spacial score (nSPS) is 10.6. The number of carbonyl (C=O) groups is 1. The van der Waals surface area contributed by atoms with E-state index in [0.717, 1.165) is 0 Å². The van der Waals surface area contributed by atoms with Crippen molar-refractivity contribution in [2.75, 3.05) is 0 Å². The Bertz CT molecular complexity index is 739. The highest BCUT2D eigenvalue weighted by Crippen LogP contribution is 2.24. The SMILES string of the molecule is Cc1nn(Cc2cc(Cl)ccc2[N+](=O)[O-])c(C)c1C(=O)O. The fourth-order valence-corrected chi connectivity index (χ4v) is 2.38. The molecule has 0 bridgehead atoms. The van der Waals surface area contributed by atoms with Crippen LogP contribution in [0.3, 0.4) is 0 Å². The fraction of sp³-hybridized carbons (Fsp3) is 0.231. The standard InChI is InChI=1S/C13H12ClN3O4/c1-7-12(13(18)19)8(2)16(15-7)6-9-5-10(14)3-4-11(9)17(20)21/h3-5H,6H2,1-2H3,(H,18,19). The molecule has 2 rings (SSSR count). The second-order valence-corrected chi connectivity index (χ2v) is 4.98. The third kappa shape index (κ3) is 2.87. The summed E-state index contributed by atoms with van der Waals surface area (Å²) in [4.78, 5) is 21.7. The molecule has 1 N–H and O–H groups in total. The maximum Gasteiger partial charge on any atom is 0.339 e. The summed E-state index contributed by atoms with van der Waals surface area (Å²) >= 11 is 5.87. The second-order valence-electron chi connectivity index (χ2n) is 4.54. The number of hydrogen-bond donors (Lipinski definition) is 1. The van der Waals surface area contributed by atoms with Gasteiger partial charge in [-0.1, -0.05) is 11.6 Å². The van der Waals surface area contributed by atoms with Crippen molar-refractivity contribution in [1.29, 1.82) is 0 Å². The highest BCUT2D eigenvalue weighted by molar-refractivity contribution is 6.30. The van der Waals surface area contributed by atoms with E-state index in [1.807, 2.05) is 0 Å². The summed E-state index contributed by atoms with van der Waals surface area (Å²) in [6.07, 6.45) is 0. The van der Waals surface area contributed by atoms with Crippen molar-refractivity contribution < 1.29 is 14.8 Å². The van der Waals surface area contributed by atoms with E-state index in [1.165, 1.54) is 22.9 Å². The summed E-state index contributed by atoms with van der Waals surface area (Å²) in [5, 5.41) is 24.7. The van der Waals surface area contributed by atoms with Crippen LogP contribution in [0.2, 0.25) is 5.02 Å². The van der Waals surface area contributed by atoms with Gasteiger partial charge in [0.05, 0.1) is 28.4 Å². The van der Waals surface area contributed by atoms with Crippen LogP contribution in [0.5, 0.6) is 0 Å². The number of hydrogen-bond acceptors (Lipinski definition) is 4. The molecule has 1 aromatic carbocycles. The van der Waals surface area contributed by atoms with Crippen molar-refractivity contribution in [1.82, 2.24) is 9.78 Å². The zero-order valence-corrected chi connectivity index (χ0v) is 12.1. The Hall–Kier alpha value is -2.41. The lowest BCUT2D eigenvalue weighted by molar-refractivity contribution is -0.385. The molecule has 2 aromatic rings. The van der Waals surface area contributed by atoms with E-state index < -0.39 is 10.9 Å². The van der Waals surface area contributed by atoms with Gasteiger partial charge in [-0.15, -0.1) is 0 Å². The van der Waals surface area contributed by atoms with Gasteiger partial charge in [-0.2, -0.15) is 5.10 Å². The number of aromatic nitrogens is 2. The lowest BCUT2D eigenvalue weighted by Crippen LogP contribution is -2.07. The Morgan fingerprint density at radius 3 is 2.67 bits per heavy atom. The molecule has 21 heavy (non-hydrogen) atoms. The summed E-state index contributed by atoms with van der Waals surface area (Å²) in [5.74, 6) is -1.07. The minimum Gasteiger partial charge on any atom is -0.478 e. The summed E-state index contributed by atoms with van der Waals surface area (Å²) in [5.41, 5.74) is 1.21. The Balaban J connectivity index is 2.48. The summed E-state index contributed by atoms with van der Waals surface area (Å²) in [6.45, 7) is 3.27. The van der Waals surface area contributed by atoms with Gasteiger partial charge >= 0.3 is 5.97 Å². The number of rotatable bonds is 4. The van der Waals surface area contributed by atoms with Gasteiger partial charge in [-0.3, -0.25) is 14.8 Å². The molecule has 1 aromatic heterocycles. The van der Waals surface area contributed by atoms with Gasteiger partial charge in [-0.25, -0.2) is 4.79 Å². The van der Waals surface area contributed by atoms with Crippen LogP contribution in [0, 0.1) is 24.0 Å². The number of halogens is 1. The van der Waals surface area contributed by atoms with Crippen LogP contribution in [0.4, 0.5) is 5.69 Å². The maximum absolute atomic E-state index is 11.2. The van der Waals surface area contributed by atoms with Gasteiger partial charge in [0.1, 0.15) is 5.56 Å². The molecule has 0 spiro atoms. The summed E-state index contributed by atoms with van der Waals surface area (Å²) in [6, 6.07) is 4.24. The molecule has 0 atom stereocenters. The minimum absolute atomic E-state index is 0.0798. The molecule has 1 heterocycles. The van der Waals surface area contributed by atoms with Gasteiger partial charge in [0, 0.05) is 11.1 Å². The first kappa shape index (κ1) is 15.0. The van der Waals surface area contributed by atoms with E-state index >= 15 is 0 Å². The quantitative estimate of drug-likeness (QED) is 0.691. The smallest absolute Gasteiger partial charge is 0.339 e. The van der Waals surface area contributed by atoms with Crippen molar-refractivity contribution in [3.63, 3.8) is 0 Å².